The maximum absolute atomic E-state index is 14.1. The summed E-state index contributed by atoms with van der Waals surface area (Å²) < 4.78 is 69.1. The van der Waals surface area contributed by atoms with Crippen molar-refractivity contribution < 1.29 is 21.6 Å². The molecule has 0 radical (unpaired) electrons. The third-order valence-corrected chi connectivity index (χ3v) is 5.80. The summed E-state index contributed by atoms with van der Waals surface area (Å²) in [5.74, 6) is -3.87. The average Bonchev–Trinajstić information content (AvgIpc) is 3.16. The van der Waals surface area contributed by atoms with Crippen molar-refractivity contribution in [3.05, 3.63) is 59.9 Å². The highest BCUT2D eigenvalue weighted by molar-refractivity contribution is 7.92. The van der Waals surface area contributed by atoms with Crippen LogP contribution in [0, 0.1) is 17.5 Å². The molecule has 4 aromatic rings. The zero-order valence-corrected chi connectivity index (χ0v) is 18.1. The van der Waals surface area contributed by atoms with Gasteiger partial charge in [-0.05, 0) is 44.2 Å². The summed E-state index contributed by atoms with van der Waals surface area (Å²) in [7, 11) is -4.76. The van der Waals surface area contributed by atoms with Gasteiger partial charge in [0.1, 0.15) is 34.3 Å². The number of sulfonamides is 1. The van der Waals surface area contributed by atoms with E-state index in [1.165, 1.54) is 12.1 Å². The van der Waals surface area contributed by atoms with Crippen molar-refractivity contribution in [1.82, 2.24) is 20.4 Å². The molecule has 0 aliphatic heterocycles. The average molecular weight is 477 g/mol. The lowest BCUT2D eigenvalue weighted by molar-refractivity contribution is 0.498. The highest BCUT2D eigenvalue weighted by Gasteiger charge is 2.26. The number of aromatic nitrogens is 4. The molecule has 0 bridgehead atoms. The molecular formula is C20H18F3N7O2S. The Labute approximate surface area is 186 Å². The number of nitrogens with one attached hydrogen (secondary N) is 4. The Morgan fingerprint density at radius 3 is 2.33 bits per heavy atom. The summed E-state index contributed by atoms with van der Waals surface area (Å²) in [6.07, 6.45) is 0. The lowest BCUT2D eigenvalue weighted by Gasteiger charge is -2.17. The van der Waals surface area contributed by atoms with Gasteiger partial charge in [0.25, 0.3) is 10.0 Å². The molecule has 0 fully saturated rings. The molecule has 0 unspecified atom stereocenters. The smallest absolute Gasteiger partial charge is 0.267 e. The number of nitrogens with zero attached hydrogens (tertiary/aromatic N) is 3. The zero-order chi connectivity index (χ0) is 23.8. The van der Waals surface area contributed by atoms with E-state index in [-0.39, 0.29) is 29.7 Å². The van der Waals surface area contributed by atoms with Gasteiger partial charge in [0.2, 0.25) is 0 Å². The summed E-state index contributed by atoms with van der Waals surface area (Å²) in [5.41, 5.74) is 1.58. The molecule has 2 aromatic heterocycles. The molecule has 0 amide bonds. The SMILES string of the molecule is CC(C)Nc1ccc(NS(=O)(=O)c2c(F)cc(F)cc2F)c(Nc2ccc3n[nH]nc3c2)n1. The van der Waals surface area contributed by atoms with E-state index in [0.717, 1.165) is 0 Å². The molecule has 33 heavy (non-hydrogen) atoms. The van der Waals surface area contributed by atoms with Gasteiger partial charge in [-0.3, -0.25) is 4.72 Å². The normalized spacial score (nSPS) is 11.7. The fourth-order valence-electron chi connectivity index (χ4n) is 3.05. The molecular weight excluding hydrogens is 459 g/mol. The van der Waals surface area contributed by atoms with Crippen molar-refractivity contribution in [2.45, 2.75) is 24.8 Å². The zero-order valence-electron chi connectivity index (χ0n) is 17.3. The van der Waals surface area contributed by atoms with Gasteiger partial charge in [0.15, 0.2) is 10.7 Å². The second-order valence-corrected chi connectivity index (χ2v) is 8.97. The van der Waals surface area contributed by atoms with Crippen molar-refractivity contribution in [2.24, 2.45) is 0 Å². The van der Waals surface area contributed by atoms with Gasteiger partial charge >= 0.3 is 0 Å². The first-order valence-electron chi connectivity index (χ1n) is 9.65. The molecule has 0 atom stereocenters. The standard InChI is InChI=1S/C20H18F3N7O2S/c1-10(2)24-18-6-5-16(29-33(31,32)19-13(22)7-11(21)8-14(19)23)20(26-18)25-12-3-4-15-17(9-12)28-30-27-15/h3-10,29H,1-2H3,(H2,24,25,26)(H,27,28,30). The maximum Gasteiger partial charge on any atom is 0.267 e. The maximum atomic E-state index is 14.1. The quantitative estimate of drug-likeness (QED) is 0.315. The number of benzene rings is 2. The highest BCUT2D eigenvalue weighted by atomic mass is 32.2. The van der Waals surface area contributed by atoms with E-state index in [1.807, 2.05) is 13.8 Å². The van der Waals surface area contributed by atoms with Gasteiger partial charge < -0.3 is 10.6 Å². The summed E-state index contributed by atoms with van der Waals surface area (Å²) in [6.45, 7) is 3.79. The van der Waals surface area contributed by atoms with Gasteiger partial charge in [-0.1, -0.05) is 0 Å². The minimum atomic E-state index is -4.76. The fourth-order valence-corrected chi connectivity index (χ4v) is 4.24. The fraction of sp³-hybridized carbons (Fsp3) is 0.150. The third-order valence-electron chi connectivity index (χ3n) is 4.39. The number of halogens is 3. The van der Waals surface area contributed by atoms with Crippen molar-refractivity contribution in [2.75, 3.05) is 15.4 Å². The van der Waals surface area contributed by atoms with Gasteiger partial charge in [0, 0.05) is 23.9 Å². The van der Waals surface area contributed by atoms with Gasteiger partial charge in [-0.2, -0.15) is 15.4 Å². The van der Waals surface area contributed by atoms with Crippen LogP contribution in [0.1, 0.15) is 13.8 Å². The molecule has 0 aliphatic rings. The van der Waals surface area contributed by atoms with Crippen LogP contribution in [0.15, 0.2) is 47.4 Å². The number of H-pyrrole nitrogens is 1. The number of hydrogen-bond donors (Lipinski definition) is 4. The van der Waals surface area contributed by atoms with Crippen molar-refractivity contribution in [3.8, 4) is 0 Å². The van der Waals surface area contributed by atoms with Gasteiger partial charge in [-0.15, -0.1) is 0 Å². The Bertz CT molecular complexity index is 1420. The molecule has 2 heterocycles. The first kappa shape index (κ1) is 22.3. The summed E-state index contributed by atoms with van der Waals surface area (Å²) in [5, 5.41) is 16.5. The van der Waals surface area contributed by atoms with Crippen LogP contribution in [0.2, 0.25) is 0 Å². The molecule has 0 aliphatic carbocycles. The number of rotatable bonds is 7. The van der Waals surface area contributed by atoms with Crippen LogP contribution in [-0.4, -0.2) is 34.9 Å². The van der Waals surface area contributed by atoms with Gasteiger partial charge in [-0.25, -0.2) is 26.6 Å². The van der Waals surface area contributed by atoms with E-state index in [9.17, 15) is 21.6 Å². The van der Waals surface area contributed by atoms with E-state index in [2.05, 4.69) is 35.8 Å². The number of anilines is 4. The van der Waals surface area contributed by atoms with E-state index < -0.39 is 32.4 Å². The van der Waals surface area contributed by atoms with E-state index in [0.29, 0.717) is 22.5 Å². The van der Waals surface area contributed by atoms with Crippen LogP contribution in [0.5, 0.6) is 0 Å². The minimum absolute atomic E-state index is 0.0294. The summed E-state index contributed by atoms with van der Waals surface area (Å²) in [4.78, 5) is 3.07. The molecule has 4 N–H and O–H groups in total. The van der Waals surface area contributed by atoms with Crippen LogP contribution < -0.4 is 15.4 Å². The highest BCUT2D eigenvalue weighted by Crippen LogP contribution is 2.30. The lowest BCUT2D eigenvalue weighted by atomic mass is 10.2. The molecule has 0 saturated carbocycles. The number of fused-ring (bicyclic) bond motifs is 1. The first-order chi connectivity index (χ1) is 15.6. The Morgan fingerprint density at radius 1 is 0.939 bits per heavy atom. The van der Waals surface area contributed by atoms with Crippen LogP contribution in [0.25, 0.3) is 11.0 Å². The number of hydrogen-bond acceptors (Lipinski definition) is 7. The molecule has 0 saturated heterocycles. The second-order valence-electron chi connectivity index (χ2n) is 7.35. The molecule has 0 spiro atoms. The topological polar surface area (TPSA) is 125 Å². The number of aromatic amines is 1. The van der Waals surface area contributed by atoms with E-state index >= 15 is 0 Å². The molecule has 172 valence electrons. The molecule has 13 heteroatoms. The van der Waals surface area contributed by atoms with E-state index in [1.54, 1.807) is 18.2 Å². The van der Waals surface area contributed by atoms with Crippen LogP contribution in [0.4, 0.5) is 36.2 Å². The summed E-state index contributed by atoms with van der Waals surface area (Å²) >= 11 is 0. The second kappa shape index (κ2) is 8.58. The van der Waals surface area contributed by atoms with Crippen LogP contribution >= 0.6 is 0 Å². The first-order valence-corrected chi connectivity index (χ1v) is 11.1. The minimum Gasteiger partial charge on any atom is -0.368 e. The van der Waals surface area contributed by atoms with Crippen LogP contribution in [0.3, 0.4) is 0 Å². The largest absolute Gasteiger partial charge is 0.368 e. The Kier molecular flexibility index (Phi) is 5.80. The molecule has 2 aromatic carbocycles. The van der Waals surface area contributed by atoms with Gasteiger partial charge in [0.05, 0.1) is 5.69 Å². The lowest BCUT2D eigenvalue weighted by Crippen LogP contribution is -2.18. The summed E-state index contributed by atoms with van der Waals surface area (Å²) in [6, 6.07) is 8.50. The van der Waals surface area contributed by atoms with Crippen molar-refractivity contribution in [3.63, 3.8) is 0 Å². The predicted octanol–water partition coefficient (Wildman–Crippen LogP) is 4.13. The Balaban J connectivity index is 1.74. The molecule has 4 rings (SSSR count). The third kappa shape index (κ3) is 4.82. The number of pyridine rings is 1. The van der Waals surface area contributed by atoms with Crippen molar-refractivity contribution >= 4 is 44.1 Å². The molecule has 9 nitrogen and oxygen atoms in total. The predicted molar refractivity (Wildman–Crippen MR) is 117 cm³/mol. The monoisotopic (exact) mass is 477 g/mol. The van der Waals surface area contributed by atoms with Crippen molar-refractivity contribution in [1.29, 1.82) is 0 Å². The van der Waals surface area contributed by atoms with E-state index in [4.69, 9.17) is 0 Å². The van der Waals surface area contributed by atoms with Crippen LogP contribution in [-0.2, 0) is 10.0 Å². The Hall–Kier alpha value is -3.87. The Morgan fingerprint density at radius 2 is 1.64 bits per heavy atom.